The maximum atomic E-state index is 11.4. The summed E-state index contributed by atoms with van der Waals surface area (Å²) in [4.78, 5) is 11.4. The van der Waals surface area contributed by atoms with Crippen LogP contribution in [0.15, 0.2) is 0 Å². The molecule has 0 saturated heterocycles. The van der Waals surface area contributed by atoms with Gasteiger partial charge in [-0.15, -0.1) is 0 Å². The van der Waals surface area contributed by atoms with Gasteiger partial charge in [0.15, 0.2) is 0 Å². The first kappa shape index (κ1) is 12.5. The molecule has 0 amide bonds. The number of esters is 1. The number of ether oxygens (including phenoxy) is 1. The highest BCUT2D eigenvalue weighted by atomic mass is 16.5. The Labute approximate surface area is 81.7 Å². The Hall–Kier alpha value is -0.530. The minimum absolute atomic E-state index is 0.0391. The van der Waals surface area contributed by atoms with Crippen LogP contribution in [0.4, 0.5) is 0 Å². The molecule has 0 fully saturated rings. The van der Waals surface area contributed by atoms with Crippen LogP contribution in [-0.2, 0) is 9.53 Å². The molecule has 0 aromatic carbocycles. The van der Waals surface area contributed by atoms with E-state index in [1.807, 2.05) is 13.8 Å². The van der Waals surface area contributed by atoms with Gasteiger partial charge in [-0.1, -0.05) is 33.6 Å². The summed E-state index contributed by atoms with van der Waals surface area (Å²) in [7, 11) is 0. The quantitative estimate of drug-likeness (QED) is 0.596. The molecule has 13 heavy (non-hydrogen) atoms. The van der Waals surface area contributed by atoms with Gasteiger partial charge in [0.2, 0.25) is 0 Å². The van der Waals surface area contributed by atoms with Gasteiger partial charge in [-0.2, -0.15) is 0 Å². The van der Waals surface area contributed by atoms with Crippen LogP contribution in [0, 0.1) is 5.92 Å². The third-order valence-electron chi connectivity index (χ3n) is 2.14. The maximum Gasteiger partial charge on any atom is 0.308 e. The summed E-state index contributed by atoms with van der Waals surface area (Å²) in [5.41, 5.74) is 0. The Bertz CT molecular complexity index is 143. The van der Waals surface area contributed by atoms with Gasteiger partial charge in [0.1, 0.15) is 0 Å². The van der Waals surface area contributed by atoms with E-state index in [9.17, 15) is 4.79 Å². The van der Waals surface area contributed by atoms with Crippen molar-refractivity contribution in [2.45, 2.75) is 59.5 Å². The number of carbonyl (C=O) groups excluding carboxylic acids is 1. The summed E-state index contributed by atoms with van der Waals surface area (Å²) in [5.74, 6) is 0.0205. The van der Waals surface area contributed by atoms with Crippen molar-refractivity contribution in [3.8, 4) is 0 Å². The van der Waals surface area contributed by atoms with E-state index in [-0.39, 0.29) is 18.0 Å². The van der Waals surface area contributed by atoms with E-state index in [0.717, 1.165) is 25.7 Å². The van der Waals surface area contributed by atoms with E-state index < -0.39 is 0 Å². The predicted octanol–water partition coefficient (Wildman–Crippen LogP) is 3.15. The molecule has 0 aromatic heterocycles. The van der Waals surface area contributed by atoms with Crippen molar-refractivity contribution in [3.05, 3.63) is 0 Å². The molecule has 0 aliphatic rings. The van der Waals surface area contributed by atoms with Crippen molar-refractivity contribution >= 4 is 5.97 Å². The van der Waals surface area contributed by atoms with E-state index in [2.05, 4.69) is 13.8 Å². The van der Waals surface area contributed by atoms with Gasteiger partial charge >= 0.3 is 5.97 Å². The highest BCUT2D eigenvalue weighted by Gasteiger charge is 2.15. The molecule has 0 radical (unpaired) electrons. The molecule has 0 spiro atoms. The van der Waals surface area contributed by atoms with Crippen LogP contribution in [0.5, 0.6) is 0 Å². The molecule has 0 aliphatic heterocycles. The van der Waals surface area contributed by atoms with Crippen LogP contribution in [0.25, 0.3) is 0 Å². The standard InChI is InChI=1S/C11H22O2/c1-5-7-9(3)11(12)13-10(4)8-6-2/h9-10H,5-8H2,1-4H3. The summed E-state index contributed by atoms with van der Waals surface area (Å²) in [5, 5.41) is 0. The first-order chi connectivity index (χ1) is 6.11. The Balaban J connectivity index is 3.71. The Morgan fingerprint density at radius 3 is 2.15 bits per heavy atom. The smallest absolute Gasteiger partial charge is 0.308 e. The fourth-order valence-electron chi connectivity index (χ4n) is 1.33. The number of hydrogen-bond donors (Lipinski definition) is 0. The molecule has 0 aliphatic carbocycles. The Morgan fingerprint density at radius 2 is 1.69 bits per heavy atom. The van der Waals surface area contributed by atoms with Gasteiger partial charge in [-0.3, -0.25) is 4.79 Å². The van der Waals surface area contributed by atoms with E-state index in [4.69, 9.17) is 4.74 Å². The zero-order valence-electron chi connectivity index (χ0n) is 9.30. The molecule has 0 bridgehead atoms. The van der Waals surface area contributed by atoms with Gasteiger partial charge in [0, 0.05) is 0 Å². The topological polar surface area (TPSA) is 26.3 Å². The molecule has 0 N–H and O–H groups in total. The van der Waals surface area contributed by atoms with Crippen LogP contribution in [0.3, 0.4) is 0 Å². The highest BCUT2D eigenvalue weighted by molar-refractivity contribution is 5.72. The van der Waals surface area contributed by atoms with E-state index >= 15 is 0 Å². The van der Waals surface area contributed by atoms with Crippen LogP contribution in [0.2, 0.25) is 0 Å². The third-order valence-corrected chi connectivity index (χ3v) is 2.14. The molecule has 0 saturated carbocycles. The summed E-state index contributed by atoms with van der Waals surface area (Å²) in [6.07, 6.45) is 4.08. The lowest BCUT2D eigenvalue weighted by Gasteiger charge is -2.15. The lowest BCUT2D eigenvalue weighted by molar-refractivity contribution is -0.153. The summed E-state index contributed by atoms with van der Waals surface area (Å²) in [6.45, 7) is 8.07. The molecule has 0 heterocycles. The fraction of sp³-hybridized carbons (Fsp3) is 0.909. The Morgan fingerprint density at radius 1 is 1.15 bits per heavy atom. The van der Waals surface area contributed by atoms with Crippen LogP contribution in [0.1, 0.15) is 53.4 Å². The number of rotatable bonds is 6. The van der Waals surface area contributed by atoms with Crippen molar-refractivity contribution in [1.29, 1.82) is 0 Å². The molecule has 2 unspecified atom stereocenters. The average molecular weight is 186 g/mol. The second-order valence-corrected chi connectivity index (χ2v) is 3.73. The summed E-state index contributed by atoms with van der Waals surface area (Å²) < 4.78 is 5.27. The summed E-state index contributed by atoms with van der Waals surface area (Å²) >= 11 is 0. The first-order valence-corrected chi connectivity index (χ1v) is 5.32. The monoisotopic (exact) mass is 186 g/mol. The molecule has 2 nitrogen and oxygen atoms in total. The van der Waals surface area contributed by atoms with E-state index in [1.165, 1.54) is 0 Å². The zero-order chi connectivity index (χ0) is 10.3. The lowest BCUT2D eigenvalue weighted by Crippen LogP contribution is -2.20. The third kappa shape index (κ3) is 5.67. The van der Waals surface area contributed by atoms with Crippen molar-refractivity contribution in [1.82, 2.24) is 0 Å². The number of carbonyl (C=O) groups is 1. The van der Waals surface area contributed by atoms with Crippen LogP contribution < -0.4 is 0 Å². The molecule has 2 atom stereocenters. The minimum Gasteiger partial charge on any atom is -0.462 e. The minimum atomic E-state index is -0.0391. The lowest BCUT2D eigenvalue weighted by atomic mass is 10.1. The van der Waals surface area contributed by atoms with Crippen LogP contribution >= 0.6 is 0 Å². The van der Waals surface area contributed by atoms with E-state index in [0.29, 0.717) is 0 Å². The van der Waals surface area contributed by atoms with Gasteiger partial charge in [0.25, 0.3) is 0 Å². The van der Waals surface area contributed by atoms with Gasteiger partial charge < -0.3 is 4.74 Å². The van der Waals surface area contributed by atoms with Crippen molar-refractivity contribution < 1.29 is 9.53 Å². The molecule has 0 aromatic rings. The molecule has 2 heteroatoms. The summed E-state index contributed by atoms with van der Waals surface area (Å²) in [6, 6.07) is 0. The maximum absolute atomic E-state index is 11.4. The van der Waals surface area contributed by atoms with Crippen molar-refractivity contribution in [3.63, 3.8) is 0 Å². The molecule has 78 valence electrons. The van der Waals surface area contributed by atoms with Crippen LogP contribution in [-0.4, -0.2) is 12.1 Å². The fourth-order valence-corrected chi connectivity index (χ4v) is 1.33. The first-order valence-electron chi connectivity index (χ1n) is 5.32. The van der Waals surface area contributed by atoms with Gasteiger partial charge in [-0.25, -0.2) is 0 Å². The SMILES string of the molecule is CCCC(C)OC(=O)C(C)CCC. The second-order valence-electron chi connectivity index (χ2n) is 3.73. The van der Waals surface area contributed by atoms with E-state index in [1.54, 1.807) is 0 Å². The van der Waals surface area contributed by atoms with Gasteiger partial charge in [0.05, 0.1) is 12.0 Å². The predicted molar refractivity (Wildman–Crippen MR) is 54.5 cm³/mol. The zero-order valence-corrected chi connectivity index (χ0v) is 9.30. The largest absolute Gasteiger partial charge is 0.462 e. The number of hydrogen-bond acceptors (Lipinski definition) is 2. The van der Waals surface area contributed by atoms with Crippen molar-refractivity contribution in [2.24, 2.45) is 5.92 Å². The van der Waals surface area contributed by atoms with Crippen molar-refractivity contribution in [2.75, 3.05) is 0 Å². The molecular formula is C11H22O2. The average Bonchev–Trinajstić information content (AvgIpc) is 2.05. The normalized spacial score (nSPS) is 15.1. The Kier molecular flexibility index (Phi) is 6.65. The highest BCUT2D eigenvalue weighted by Crippen LogP contribution is 2.10. The van der Waals surface area contributed by atoms with Gasteiger partial charge in [-0.05, 0) is 19.8 Å². The second kappa shape index (κ2) is 6.93. The molecular weight excluding hydrogens is 164 g/mol. The molecule has 0 rings (SSSR count).